The lowest BCUT2D eigenvalue weighted by Gasteiger charge is -2.03. The maximum Gasteiger partial charge on any atom is 0.233 e. The second-order valence-electron chi connectivity index (χ2n) is 4.47. The van der Waals surface area contributed by atoms with Crippen molar-refractivity contribution in [2.24, 2.45) is 0 Å². The Morgan fingerprint density at radius 3 is 1.94 bits per heavy atom. The van der Waals surface area contributed by atoms with Gasteiger partial charge in [0.05, 0.1) is 5.75 Å². The number of unbranched alkanes of at least 4 members (excludes halogenated alkanes) is 7. The van der Waals surface area contributed by atoms with Crippen LogP contribution in [0.3, 0.4) is 0 Å². The minimum Gasteiger partial charge on any atom is -0.316 e. The number of rotatable bonds is 12. The SMILES string of the molecule is CCCCCCCCCCNCCS(=O)(=O)Cl. The Morgan fingerprint density at radius 1 is 0.882 bits per heavy atom. The van der Waals surface area contributed by atoms with Crippen LogP contribution in [0.5, 0.6) is 0 Å². The highest BCUT2D eigenvalue weighted by molar-refractivity contribution is 8.13. The molecule has 0 rings (SSSR count). The Morgan fingerprint density at radius 2 is 1.41 bits per heavy atom. The molecule has 0 saturated carbocycles. The first-order valence-electron chi connectivity index (χ1n) is 6.69. The van der Waals surface area contributed by atoms with E-state index < -0.39 is 9.05 Å². The van der Waals surface area contributed by atoms with Crippen LogP contribution in [0.4, 0.5) is 0 Å². The van der Waals surface area contributed by atoms with Gasteiger partial charge < -0.3 is 5.32 Å². The molecular formula is C12H26ClNO2S. The molecule has 104 valence electrons. The van der Waals surface area contributed by atoms with E-state index in [0.29, 0.717) is 6.54 Å². The van der Waals surface area contributed by atoms with Gasteiger partial charge in [-0.25, -0.2) is 8.42 Å². The molecule has 0 fully saturated rings. The van der Waals surface area contributed by atoms with Crippen LogP contribution < -0.4 is 5.32 Å². The summed E-state index contributed by atoms with van der Waals surface area (Å²) >= 11 is 0. The second kappa shape index (κ2) is 11.3. The Kier molecular flexibility index (Phi) is 11.4. The van der Waals surface area contributed by atoms with Crippen LogP contribution in [0.25, 0.3) is 0 Å². The van der Waals surface area contributed by atoms with Crippen molar-refractivity contribution < 1.29 is 8.42 Å². The largest absolute Gasteiger partial charge is 0.316 e. The maximum absolute atomic E-state index is 10.6. The summed E-state index contributed by atoms with van der Waals surface area (Å²) in [7, 11) is 1.76. The monoisotopic (exact) mass is 283 g/mol. The number of halogens is 1. The van der Waals surface area contributed by atoms with Crippen LogP contribution in [0.1, 0.15) is 58.3 Å². The van der Waals surface area contributed by atoms with Gasteiger partial charge >= 0.3 is 0 Å². The topological polar surface area (TPSA) is 46.2 Å². The zero-order valence-corrected chi connectivity index (χ0v) is 12.5. The van der Waals surface area contributed by atoms with E-state index in [0.717, 1.165) is 13.0 Å². The van der Waals surface area contributed by atoms with E-state index in [9.17, 15) is 8.42 Å². The molecule has 0 aliphatic carbocycles. The normalized spacial score (nSPS) is 11.9. The Hall–Kier alpha value is 0.200. The third-order valence-electron chi connectivity index (χ3n) is 2.73. The molecule has 0 heterocycles. The van der Waals surface area contributed by atoms with Crippen LogP contribution in [0.15, 0.2) is 0 Å². The molecule has 0 aliphatic rings. The van der Waals surface area contributed by atoms with Gasteiger partial charge in [-0.15, -0.1) is 0 Å². The fourth-order valence-electron chi connectivity index (χ4n) is 1.70. The Balaban J connectivity index is 3.04. The molecule has 1 N–H and O–H groups in total. The number of hydrogen-bond acceptors (Lipinski definition) is 3. The summed E-state index contributed by atoms with van der Waals surface area (Å²) in [5, 5.41) is 3.09. The van der Waals surface area contributed by atoms with Crippen molar-refractivity contribution in [1.29, 1.82) is 0 Å². The predicted molar refractivity (Wildman–Crippen MR) is 75.1 cm³/mol. The smallest absolute Gasteiger partial charge is 0.233 e. The summed E-state index contributed by atoms with van der Waals surface area (Å²) in [5.41, 5.74) is 0. The highest BCUT2D eigenvalue weighted by atomic mass is 35.7. The number of nitrogens with one attached hydrogen (secondary N) is 1. The van der Waals surface area contributed by atoms with E-state index in [4.69, 9.17) is 10.7 Å². The highest BCUT2D eigenvalue weighted by Gasteiger charge is 2.02. The van der Waals surface area contributed by atoms with Gasteiger partial charge in [-0.2, -0.15) is 0 Å². The first-order valence-corrected chi connectivity index (χ1v) is 9.17. The average molecular weight is 284 g/mol. The van der Waals surface area contributed by atoms with Crippen molar-refractivity contribution in [2.45, 2.75) is 58.3 Å². The minimum atomic E-state index is -3.32. The summed E-state index contributed by atoms with van der Waals surface area (Å²) in [4.78, 5) is 0. The third kappa shape index (κ3) is 16.2. The molecular weight excluding hydrogens is 258 g/mol. The molecule has 0 radical (unpaired) electrons. The summed E-state index contributed by atoms with van der Waals surface area (Å²) in [6.07, 6.45) is 10.3. The summed E-state index contributed by atoms with van der Waals surface area (Å²) in [6.45, 7) is 3.58. The Bertz CT molecular complexity index is 255. The van der Waals surface area contributed by atoms with E-state index in [1.165, 1.54) is 44.9 Å². The van der Waals surface area contributed by atoms with Crippen molar-refractivity contribution >= 4 is 19.7 Å². The van der Waals surface area contributed by atoms with Crippen LogP contribution in [0.2, 0.25) is 0 Å². The maximum atomic E-state index is 10.6. The molecule has 3 nitrogen and oxygen atoms in total. The molecule has 17 heavy (non-hydrogen) atoms. The zero-order chi connectivity index (χ0) is 13.0. The summed E-state index contributed by atoms with van der Waals surface area (Å²) in [6, 6.07) is 0. The van der Waals surface area contributed by atoms with Crippen molar-refractivity contribution in [3.63, 3.8) is 0 Å². The average Bonchev–Trinajstić information content (AvgIpc) is 2.24. The molecule has 0 saturated heterocycles. The molecule has 0 aliphatic heterocycles. The van der Waals surface area contributed by atoms with Crippen molar-refractivity contribution in [1.82, 2.24) is 5.32 Å². The van der Waals surface area contributed by atoms with E-state index in [1.54, 1.807) is 0 Å². The fourth-order valence-corrected chi connectivity index (χ4v) is 2.32. The second-order valence-corrected chi connectivity index (χ2v) is 7.36. The van der Waals surface area contributed by atoms with Gasteiger partial charge in [0.1, 0.15) is 0 Å². The van der Waals surface area contributed by atoms with Crippen LogP contribution in [0, 0.1) is 0 Å². The summed E-state index contributed by atoms with van der Waals surface area (Å²) < 4.78 is 21.2. The zero-order valence-electron chi connectivity index (χ0n) is 10.9. The predicted octanol–water partition coefficient (Wildman–Crippen LogP) is 3.29. The fraction of sp³-hybridized carbons (Fsp3) is 1.00. The van der Waals surface area contributed by atoms with Crippen LogP contribution in [-0.4, -0.2) is 27.3 Å². The van der Waals surface area contributed by atoms with Crippen molar-refractivity contribution in [3.05, 3.63) is 0 Å². The minimum absolute atomic E-state index is 0.0194. The van der Waals surface area contributed by atoms with E-state index >= 15 is 0 Å². The molecule has 0 unspecified atom stereocenters. The Labute approximate surface area is 111 Å². The summed E-state index contributed by atoms with van der Waals surface area (Å²) in [5.74, 6) is 0.0194. The van der Waals surface area contributed by atoms with Gasteiger partial charge in [-0.3, -0.25) is 0 Å². The van der Waals surface area contributed by atoms with Crippen LogP contribution >= 0.6 is 10.7 Å². The molecule has 0 aromatic rings. The first-order chi connectivity index (χ1) is 8.06. The lowest BCUT2D eigenvalue weighted by atomic mass is 10.1. The van der Waals surface area contributed by atoms with Gasteiger partial charge in [-0.1, -0.05) is 51.9 Å². The van der Waals surface area contributed by atoms with E-state index in [-0.39, 0.29) is 5.75 Å². The third-order valence-corrected chi connectivity index (χ3v) is 3.88. The number of hydrogen-bond donors (Lipinski definition) is 1. The van der Waals surface area contributed by atoms with Gasteiger partial charge in [0.2, 0.25) is 9.05 Å². The standard InChI is InChI=1S/C12H26ClNO2S/c1-2-3-4-5-6-7-8-9-10-14-11-12-17(13,15)16/h14H,2-12H2,1H3. The lowest BCUT2D eigenvalue weighted by Crippen LogP contribution is -2.21. The van der Waals surface area contributed by atoms with Gasteiger partial charge in [-0.05, 0) is 13.0 Å². The van der Waals surface area contributed by atoms with E-state index in [1.807, 2.05) is 0 Å². The molecule has 0 amide bonds. The van der Waals surface area contributed by atoms with Crippen molar-refractivity contribution in [2.75, 3.05) is 18.8 Å². The highest BCUT2D eigenvalue weighted by Crippen LogP contribution is 2.07. The quantitative estimate of drug-likeness (QED) is 0.442. The van der Waals surface area contributed by atoms with E-state index in [2.05, 4.69) is 12.2 Å². The molecule has 0 aromatic heterocycles. The van der Waals surface area contributed by atoms with Gasteiger partial charge in [0.15, 0.2) is 0 Å². The molecule has 0 spiro atoms. The van der Waals surface area contributed by atoms with Crippen molar-refractivity contribution in [3.8, 4) is 0 Å². The van der Waals surface area contributed by atoms with Gasteiger partial charge in [0.25, 0.3) is 0 Å². The van der Waals surface area contributed by atoms with Crippen LogP contribution in [-0.2, 0) is 9.05 Å². The lowest BCUT2D eigenvalue weighted by molar-refractivity contribution is 0.558. The molecule has 0 atom stereocenters. The molecule has 0 bridgehead atoms. The van der Waals surface area contributed by atoms with Gasteiger partial charge in [0, 0.05) is 17.2 Å². The molecule has 5 heteroatoms. The first kappa shape index (κ1) is 17.2. The molecule has 0 aromatic carbocycles.